The molecule has 0 unspecified atom stereocenters. The van der Waals surface area contributed by atoms with E-state index in [1.807, 2.05) is 35.5 Å². The van der Waals surface area contributed by atoms with Gasteiger partial charge in [0, 0.05) is 55.9 Å². The van der Waals surface area contributed by atoms with Gasteiger partial charge in [0.05, 0.1) is 42.9 Å². The van der Waals surface area contributed by atoms with Crippen LogP contribution < -0.4 is 0 Å². The summed E-state index contributed by atoms with van der Waals surface area (Å²) in [7, 11) is 0. The summed E-state index contributed by atoms with van der Waals surface area (Å²) in [6.07, 6.45) is 5.61. The van der Waals surface area contributed by atoms with Crippen molar-refractivity contribution in [2.45, 2.75) is 58.8 Å². The van der Waals surface area contributed by atoms with Crippen LogP contribution in [-0.2, 0) is 35.6 Å². The van der Waals surface area contributed by atoms with E-state index < -0.39 is 11.9 Å². The topological polar surface area (TPSA) is 136 Å². The zero-order chi connectivity index (χ0) is 35.2. The van der Waals surface area contributed by atoms with Crippen molar-refractivity contribution in [2.24, 2.45) is 5.92 Å². The average Bonchev–Trinajstić information content (AvgIpc) is 3.91. The highest BCUT2D eigenvalue weighted by molar-refractivity contribution is 5.82. The Morgan fingerprint density at radius 1 is 0.922 bits per heavy atom. The van der Waals surface area contributed by atoms with Crippen molar-refractivity contribution in [3.8, 4) is 22.6 Å². The molecule has 262 valence electrons. The molecule has 11 nitrogen and oxygen atoms in total. The predicted octanol–water partition coefficient (Wildman–Crippen LogP) is 4.97. The van der Waals surface area contributed by atoms with Crippen molar-refractivity contribution in [1.82, 2.24) is 29.7 Å². The molecule has 0 saturated carbocycles. The molecule has 5 aromatic rings. The summed E-state index contributed by atoms with van der Waals surface area (Å²) < 4.78 is 6.28. The molecule has 3 aromatic heterocycles. The lowest BCUT2D eigenvalue weighted by Crippen LogP contribution is -2.37. The SMILES string of the molecule is Cc1c(Cc2nccc3cc(CN4CC[C@@H](O)C4)cnc23)cccc1-c1cccc(-c2nc3c(o2)CN(C(=O)CN2CC[C@H](C(=O)O)C2)C3)c1C. The number of benzene rings is 2. The molecule has 2 N–H and O–H groups in total. The third-order valence-electron chi connectivity index (χ3n) is 10.8. The first-order valence-corrected chi connectivity index (χ1v) is 17.7. The second-order valence-electron chi connectivity index (χ2n) is 14.3. The maximum absolute atomic E-state index is 13.0. The van der Waals surface area contributed by atoms with Gasteiger partial charge in [0.25, 0.3) is 0 Å². The van der Waals surface area contributed by atoms with Crippen LogP contribution in [0.15, 0.2) is 65.3 Å². The van der Waals surface area contributed by atoms with Gasteiger partial charge in [-0.15, -0.1) is 0 Å². The Bertz CT molecular complexity index is 2120. The Hall–Kier alpha value is -4.97. The van der Waals surface area contributed by atoms with Crippen molar-refractivity contribution in [1.29, 1.82) is 0 Å². The first-order valence-electron chi connectivity index (χ1n) is 17.7. The fraction of sp³-hybridized carbons (Fsp3) is 0.375. The average molecular weight is 687 g/mol. The molecule has 2 aromatic carbocycles. The molecule has 3 aliphatic rings. The number of fused-ring (bicyclic) bond motifs is 2. The van der Waals surface area contributed by atoms with E-state index in [4.69, 9.17) is 19.4 Å². The number of pyridine rings is 2. The first-order chi connectivity index (χ1) is 24.7. The first kappa shape index (κ1) is 33.2. The molecule has 0 aliphatic carbocycles. The van der Waals surface area contributed by atoms with Crippen molar-refractivity contribution >= 4 is 22.8 Å². The number of aliphatic carboxylic acids is 1. The molecule has 8 rings (SSSR count). The number of carboxylic acids is 1. The van der Waals surface area contributed by atoms with Gasteiger partial charge in [-0.1, -0.05) is 30.3 Å². The third-order valence-corrected chi connectivity index (χ3v) is 10.8. The van der Waals surface area contributed by atoms with Crippen LogP contribution in [0.25, 0.3) is 33.5 Å². The fourth-order valence-corrected chi connectivity index (χ4v) is 7.90. The van der Waals surface area contributed by atoms with E-state index in [-0.39, 0.29) is 18.6 Å². The van der Waals surface area contributed by atoms with Crippen molar-refractivity contribution in [2.75, 3.05) is 32.7 Å². The smallest absolute Gasteiger partial charge is 0.307 e. The summed E-state index contributed by atoms with van der Waals surface area (Å²) in [4.78, 5) is 44.7. The minimum Gasteiger partial charge on any atom is -0.481 e. The van der Waals surface area contributed by atoms with Gasteiger partial charge in [0.2, 0.25) is 11.8 Å². The number of amides is 1. The number of aliphatic hydroxyl groups excluding tert-OH is 1. The number of carbonyl (C=O) groups is 2. The summed E-state index contributed by atoms with van der Waals surface area (Å²) in [5.74, 6) is 0.00302. The highest BCUT2D eigenvalue weighted by atomic mass is 16.4. The zero-order valence-electron chi connectivity index (χ0n) is 29.0. The number of carbonyl (C=O) groups excluding carboxylic acids is 1. The number of nitrogens with zero attached hydrogens (tertiary/aromatic N) is 6. The van der Waals surface area contributed by atoms with E-state index in [0.29, 0.717) is 57.2 Å². The maximum Gasteiger partial charge on any atom is 0.307 e. The fourth-order valence-electron chi connectivity index (χ4n) is 7.90. The van der Waals surface area contributed by atoms with Gasteiger partial charge in [-0.2, -0.15) is 0 Å². The monoisotopic (exact) mass is 686 g/mol. The van der Waals surface area contributed by atoms with Gasteiger partial charge < -0.3 is 19.5 Å². The maximum atomic E-state index is 13.0. The van der Waals surface area contributed by atoms with Crippen LogP contribution >= 0.6 is 0 Å². The summed E-state index contributed by atoms with van der Waals surface area (Å²) in [5, 5.41) is 20.3. The number of hydrogen-bond donors (Lipinski definition) is 2. The Morgan fingerprint density at radius 3 is 2.47 bits per heavy atom. The van der Waals surface area contributed by atoms with Gasteiger partial charge in [-0.05, 0) is 84.8 Å². The lowest BCUT2D eigenvalue weighted by atomic mass is 9.90. The van der Waals surface area contributed by atoms with Crippen molar-refractivity contribution in [3.05, 3.63) is 100 Å². The third kappa shape index (κ3) is 6.64. The number of hydrogen-bond acceptors (Lipinski definition) is 9. The quantitative estimate of drug-likeness (QED) is 0.219. The molecule has 0 spiro atoms. The van der Waals surface area contributed by atoms with Crippen LogP contribution in [0.3, 0.4) is 0 Å². The summed E-state index contributed by atoms with van der Waals surface area (Å²) >= 11 is 0. The van der Waals surface area contributed by atoms with Gasteiger partial charge in [-0.25, -0.2) is 4.98 Å². The Balaban J connectivity index is 0.983. The lowest BCUT2D eigenvalue weighted by molar-refractivity contribution is -0.141. The number of rotatable bonds is 9. The van der Waals surface area contributed by atoms with E-state index in [2.05, 4.69) is 49.1 Å². The van der Waals surface area contributed by atoms with E-state index in [1.165, 1.54) is 11.1 Å². The second kappa shape index (κ2) is 13.6. The van der Waals surface area contributed by atoms with Crippen LogP contribution in [0.5, 0.6) is 0 Å². The van der Waals surface area contributed by atoms with Crippen LogP contribution in [0.2, 0.25) is 0 Å². The van der Waals surface area contributed by atoms with Crippen molar-refractivity contribution in [3.63, 3.8) is 0 Å². The van der Waals surface area contributed by atoms with Gasteiger partial charge in [0.15, 0.2) is 0 Å². The van der Waals surface area contributed by atoms with Crippen LogP contribution in [0.1, 0.15) is 52.2 Å². The molecule has 2 atom stereocenters. The van der Waals surface area contributed by atoms with E-state index >= 15 is 0 Å². The van der Waals surface area contributed by atoms with E-state index in [0.717, 1.165) is 69.6 Å². The summed E-state index contributed by atoms with van der Waals surface area (Å²) in [6.45, 7) is 8.62. The number of aliphatic hydroxyl groups is 1. The van der Waals surface area contributed by atoms with E-state index in [9.17, 15) is 19.8 Å². The Kier molecular flexibility index (Phi) is 8.87. The van der Waals surface area contributed by atoms with Crippen molar-refractivity contribution < 1.29 is 24.2 Å². The van der Waals surface area contributed by atoms with E-state index in [1.54, 1.807) is 4.90 Å². The zero-order valence-corrected chi connectivity index (χ0v) is 29.0. The normalized spacial score (nSPS) is 19.3. The number of likely N-dealkylation sites (tertiary alicyclic amines) is 2. The minimum atomic E-state index is -0.800. The van der Waals surface area contributed by atoms with Gasteiger partial charge in [-0.3, -0.25) is 29.4 Å². The molecule has 51 heavy (non-hydrogen) atoms. The second-order valence-corrected chi connectivity index (χ2v) is 14.3. The van der Waals surface area contributed by atoms with Crippen LogP contribution in [0, 0.1) is 19.8 Å². The highest BCUT2D eigenvalue weighted by Crippen LogP contribution is 2.37. The Morgan fingerprint density at radius 2 is 1.71 bits per heavy atom. The largest absolute Gasteiger partial charge is 0.481 e. The lowest BCUT2D eigenvalue weighted by Gasteiger charge is -2.20. The molecule has 3 aliphatic heterocycles. The molecule has 0 bridgehead atoms. The molecule has 11 heteroatoms. The summed E-state index contributed by atoms with van der Waals surface area (Å²) in [6, 6.07) is 16.8. The molecule has 2 fully saturated rings. The number of aromatic nitrogens is 3. The minimum absolute atomic E-state index is 0.0393. The molecule has 0 radical (unpaired) electrons. The standard InChI is InChI=1S/C40H42N6O5/c1-24-27(16-34-38-28(9-12-41-34)15-26(17-42-38)18-44-14-11-30(47)20-44)5-3-6-31(24)32-7-4-8-33(25(32)2)39-43-35-21-46(22-36(35)51-39)37(48)23-45-13-10-29(19-45)40(49)50/h3-9,12,15,17,29-30,47H,10-11,13-14,16,18-23H2,1-2H3,(H,49,50)/t29-,30+/m0/s1. The highest BCUT2D eigenvalue weighted by Gasteiger charge is 2.33. The number of oxazole rings is 1. The molecule has 1 amide bonds. The molecule has 6 heterocycles. The number of β-amino-alcohol motifs (C(OH)–C–C–N with tert-alkyl or cyclic N) is 1. The van der Waals surface area contributed by atoms with Gasteiger partial charge in [0.1, 0.15) is 11.5 Å². The summed E-state index contributed by atoms with van der Waals surface area (Å²) in [5.41, 5.74) is 10.3. The van der Waals surface area contributed by atoms with Crippen LogP contribution in [-0.4, -0.2) is 90.6 Å². The predicted molar refractivity (Wildman–Crippen MR) is 192 cm³/mol. The van der Waals surface area contributed by atoms with Gasteiger partial charge >= 0.3 is 5.97 Å². The molecular weight excluding hydrogens is 644 g/mol. The molecule has 2 saturated heterocycles. The number of carboxylic acid groups (broad SMARTS) is 1. The molecular formula is C40H42N6O5. The van der Waals surface area contributed by atoms with Crippen LogP contribution in [0.4, 0.5) is 0 Å². The Labute approximate surface area is 296 Å².